The molecule has 0 fully saturated rings. The zero-order valence-electron chi connectivity index (χ0n) is 9.92. The molecule has 1 aromatic carbocycles. The highest BCUT2D eigenvalue weighted by Gasteiger charge is 2.08. The van der Waals surface area contributed by atoms with E-state index in [1.54, 1.807) is 6.07 Å². The van der Waals surface area contributed by atoms with Gasteiger partial charge in [0.2, 0.25) is 0 Å². The molecule has 2 N–H and O–H groups in total. The predicted molar refractivity (Wildman–Crippen MR) is 66.2 cm³/mol. The molecule has 1 aromatic rings. The van der Waals surface area contributed by atoms with Crippen molar-refractivity contribution in [3.63, 3.8) is 0 Å². The number of aromatic carboxylic acids is 1. The molecule has 1 rings (SSSR count). The molecule has 0 radical (unpaired) electrons. The first-order valence-electron chi connectivity index (χ1n) is 5.73. The predicted octanol–water partition coefficient (Wildman–Crippen LogP) is 3.30. The van der Waals surface area contributed by atoms with Crippen molar-refractivity contribution in [1.82, 2.24) is 0 Å². The van der Waals surface area contributed by atoms with Crippen LogP contribution in [0.2, 0.25) is 0 Å². The molecule has 0 atom stereocenters. The number of unbranched alkanes of at least 4 members (excludes halogenated alkanes) is 2. The van der Waals surface area contributed by atoms with Crippen LogP contribution in [0.1, 0.15) is 42.1 Å². The van der Waals surface area contributed by atoms with Gasteiger partial charge in [-0.1, -0.05) is 25.8 Å². The first-order chi connectivity index (χ1) is 7.65. The van der Waals surface area contributed by atoms with Gasteiger partial charge >= 0.3 is 5.97 Å². The van der Waals surface area contributed by atoms with Crippen molar-refractivity contribution in [3.05, 3.63) is 29.3 Å². The summed E-state index contributed by atoms with van der Waals surface area (Å²) in [4.78, 5) is 11.0. The standard InChI is InChI=1S/C13H19NO2/c1-3-4-5-8-14-12-9-10(2)6-7-11(12)13(15)16/h6-7,9,14H,3-5,8H2,1-2H3,(H,15,16). The summed E-state index contributed by atoms with van der Waals surface area (Å²) < 4.78 is 0. The van der Waals surface area contributed by atoms with Gasteiger partial charge in [0.1, 0.15) is 0 Å². The quantitative estimate of drug-likeness (QED) is 0.725. The van der Waals surface area contributed by atoms with Gasteiger partial charge in [-0.05, 0) is 31.0 Å². The lowest BCUT2D eigenvalue weighted by Crippen LogP contribution is -2.07. The number of hydrogen-bond acceptors (Lipinski definition) is 2. The zero-order valence-corrected chi connectivity index (χ0v) is 9.92. The Morgan fingerprint density at radius 2 is 2.12 bits per heavy atom. The van der Waals surface area contributed by atoms with Crippen LogP contribution in [-0.2, 0) is 0 Å². The second-order valence-electron chi connectivity index (χ2n) is 3.99. The first-order valence-corrected chi connectivity index (χ1v) is 5.73. The Morgan fingerprint density at radius 3 is 2.75 bits per heavy atom. The molecule has 0 saturated heterocycles. The molecular weight excluding hydrogens is 202 g/mol. The number of carbonyl (C=O) groups is 1. The molecule has 88 valence electrons. The molecule has 3 nitrogen and oxygen atoms in total. The Labute approximate surface area is 96.5 Å². The lowest BCUT2D eigenvalue weighted by atomic mass is 10.1. The largest absolute Gasteiger partial charge is 0.478 e. The smallest absolute Gasteiger partial charge is 0.337 e. The van der Waals surface area contributed by atoms with Crippen molar-refractivity contribution < 1.29 is 9.90 Å². The second-order valence-corrected chi connectivity index (χ2v) is 3.99. The van der Waals surface area contributed by atoms with Crippen LogP contribution in [-0.4, -0.2) is 17.6 Å². The number of benzene rings is 1. The minimum atomic E-state index is -0.877. The van der Waals surface area contributed by atoms with Crippen LogP contribution >= 0.6 is 0 Å². The summed E-state index contributed by atoms with van der Waals surface area (Å²) in [6.07, 6.45) is 3.41. The van der Waals surface area contributed by atoms with E-state index >= 15 is 0 Å². The van der Waals surface area contributed by atoms with E-state index in [1.807, 2.05) is 19.1 Å². The summed E-state index contributed by atoms with van der Waals surface area (Å²) in [7, 11) is 0. The van der Waals surface area contributed by atoms with Gasteiger partial charge < -0.3 is 10.4 Å². The van der Waals surface area contributed by atoms with Crippen LogP contribution in [0.3, 0.4) is 0 Å². The van der Waals surface area contributed by atoms with Gasteiger partial charge in [0, 0.05) is 12.2 Å². The fourth-order valence-electron chi connectivity index (χ4n) is 1.59. The van der Waals surface area contributed by atoms with Crippen molar-refractivity contribution in [1.29, 1.82) is 0 Å². The van der Waals surface area contributed by atoms with Gasteiger partial charge in [0.25, 0.3) is 0 Å². The van der Waals surface area contributed by atoms with E-state index in [9.17, 15) is 4.79 Å². The van der Waals surface area contributed by atoms with E-state index in [-0.39, 0.29) is 0 Å². The molecular formula is C13H19NO2. The molecule has 0 aliphatic rings. The molecule has 0 spiro atoms. The van der Waals surface area contributed by atoms with Crippen molar-refractivity contribution in [2.24, 2.45) is 0 Å². The van der Waals surface area contributed by atoms with Gasteiger partial charge in [-0.25, -0.2) is 4.79 Å². The summed E-state index contributed by atoms with van der Waals surface area (Å²) >= 11 is 0. The lowest BCUT2D eigenvalue weighted by molar-refractivity contribution is 0.0698. The Kier molecular flexibility index (Phi) is 4.83. The van der Waals surface area contributed by atoms with E-state index in [2.05, 4.69) is 12.2 Å². The number of anilines is 1. The average Bonchev–Trinajstić information content (AvgIpc) is 2.24. The third-order valence-corrected chi connectivity index (χ3v) is 2.50. The summed E-state index contributed by atoms with van der Waals surface area (Å²) in [5, 5.41) is 12.2. The van der Waals surface area contributed by atoms with E-state index in [1.165, 1.54) is 12.8 Å². The third kappa shape index (κ3) is 3.57. The SMILES string of the molecule is CCCCCNc1cc(C)ccc1C(=O)O. The van der Waals surface area contributed by atoms with Crippen LogP contribution in [0.15, 0.2) is 18.2 Å². The number of nitrogens with one attached hydrogen (secondary N) is 1. The van der Waals surface area contributed by atoms with E-state index < -0.39 is 5.97 Å². The monoisotopic (exact) mass is 221 g/mol. The molecule has 16 heavy (non-hydrogen) atoms. The molecule has 0 unspecified atom stereocenters. The second kappa shape index (κ2) is 6.16. The maximum atomic E-state index is 11.0. The first kappa shape index (κ1) is 12.6. The molecule has 0 heterocycles. The van der Waals surface area contributed by atoms with Gasteiger partial charge in [-0.15, -0.1) is 0 Å². The topological polar surface area (TPSA) is 49.3 Å². The highest BCUT2D eigenvalue weighted by Crippen LogP contribution is 2.17. The summed E-state index contributed by atoms with van der Waals surface area (Å²) in [6.45, 7) is 4.94. The number of aryl methyl sites for hydroxylation is 1. The Hall–Kier alpha value is -1.51. The third-order valence-electron chi connectivity index (χ3n) is 2.50. The number of carboxylic acid groups (broad SMARTS) is 1. The van der Waals surface area contributed by atoms with Gasteiger partial charge in [-0.2, -0.15) is 0 Å². The Bertz CT molecular complexity index is 361. The highest BCUT2D eigenvalue weighted by molar-refractivity contribution is 5.94. The van der Waals surface area contributed by atoms with Gasteiger partial charge in [0.15, 0.2) is 0 Å². The maximum Gasteiger partial charge on any atom is 0.337 e. The molecule has 0 saturated carbocycles. The van der Waals surface area contributed by atoms with Crippen molar-refractivity contribution in [2.45, 2.75) is 33.1 Å². The van der Waals surface area contributed by atoms with E-state index in [4.69, 9.17) is 5.11 Å². The Morgan fingerprint density at radius 1 is 1.38 bits per heavy atom. The van der Waals surface area contributed by atoms with Crippen LogP contribution in [0.5, 0.6) is 0 Å². The van der Waals surface area contributed by atoms with Gasteiger partial charge in [0.05, 0.1) is 5.56 Å². The zero-order chi connectivity index (χ0) is 12.0. The van der Waals surface area contributed by atoms with Crippen molar-refractivity contribution in [2.75, 3.05) is 11.9 Å². The molecule has 0 aliphatic carbocycles. The fourth-order valence-corrected chi connectivity index (χ4v) is 1.59. The number of hydrogen-bond donors (Lipinski definition) is 2. The van der Waals surface area contributed by atoms with E-state index in [0.717, 1.165) is 24.2 Å². The minimum absolute atomic E-state index is 0.349. The summed E-state index contributed by atoms with van der Waals surface area (Å²) in [5.74, 6) is -0.877. The van der Waals surface area contributed by atoms with Crippen molar-refractivity contribution >= 4 is 11.7 Å². The minimum Gasteiger partial charge on any atom is -0.478 e. The van der Waals surface area contributed by atoms with Crippen LogP contribution in [0.4, 0.5) is 5.69 Å². The molecule has 3 heteroatoms. The molecule has 0 aliphatic heterocycles. The average molecular weight is 221 g/mol. The number of rotatable bonds is 6. The fraction of sp³-hybridized carbons (Fsp3) is 0.462. The summed E-state index contributed by atoms with van der Waals surface area (Å²) in [6, 6.07) is 5.36. The van der Waals surface area contributed by atoms with Crippen molar-refractivity contribution in [3.8, 4) is 0 Å². The molecule has 0 amide bonds. The molecule has 0 aromatic heterocycles. The number of carboxylic acids is 1. The van der Waals surface area contributed by atoms with Crippen LogP contribution < -0.4 is 5.32 Å². The molecule has 0 bridgehead atoms. The van der Waals surface area contributed by atoms with Crippen LogP contribution in [0.25, 0.3) is 0 Å². The van der Waals surface area contributed by atoms with Gasteiger partial charge in [-0.3, -0.25) is 0 Å². The highest BCUT2D eigenvalue weighted by atomic mass is 16.4. The lowest BCUT2D eigenvalue weighted by Gasteiger charge is -2.10. The maximum absolute atomic E-state index is 11.0. The van der Waals surface area contributed by atoms with Crippen LogP contribution in [0, 0.1) is 6.92 Å². The Balaban J connectivity index is 2.68. The van der Waals surface area contributed by atoms with E-state index in [0.29, 0.717) is 5.56 Å². The summed E-state index contributed by atoms with van der Waals surface area (Å²) in [5.41, 5.74) is 2.15. The normalized spacial score (nSPS) is 10.1.